The fourth-order valence-corrected chi connectivity index (χ4v) is 1.02. The van der Waals surface area contributed by atoms with E-state index in [1.165, 1.54) is 0 Å². The van der Waals surface area contributed by atoms with Gasteiger partial charge in [0.2, 0.25) is 0 Å². The standard InChI is InChI=1S/C9H17NO/c1-4-5-6-7-9(10-3)8(2)11/h4,9-10H,1,5-7H2,2-3H3/t9-/m1/s1. The van der Waals surface area contributed by atoms with Crippen molar-refractivity contribution in [1.29, 1.82) is 0 Å². The molecule has 0 aromatic rings. The lowest BCUT2D eigenvalue weighted by molar-refractivity contribution is -0.119. The Balaban J connectivity index is 3.52. The van der Waals surface area contributed by atoms with Gasteiger partial charge in [-0.2, -0.15) is 0 Å². The van der Waals surface area contributed by atoms with Crippen LogP contribution in [0.2, 0.25) is 0 Å². The lowest BCUT2D eigenvalue weighted by Gasteiger charge is -2.10. The van der Waals surface area contributed by atoms with E-state index in [2.05, 4.69) is 11.9 Å². The summed E-state index contributed by atoms with van der Waals surface area (Å²) in [4.78, 5) is 10.9. The van der Waals surface area contributed by atoms with Crippen molar-refractivity contribution in [1.82, 2.24) is 5.32 Å². The average molecular weight is 155 g/mol. The topological polar surface area (TPSA) is 29.1 Å². The molecular weight excluding hydrogens is 138 g/mol. The van der Waals surface area contributed by atoms with Crippen LogP contribution < -0.4 is 5.32 Å². The van der Waals surface area contributed by atoms with E-state index in [4.69, 9.17) is 0 Å². The van der Waals surface area contributed by atoms with E-state index in [0.29, 0.717) is 0 Å². The fourth-order valence-electron chi connectivity index (χ4n) is 1.02. The first-order chi connectivity index (χ1) is 5.22. The molecule has 0 heterocycles. The maximum atomic E-state index is 10.9. The highest BCUT2D eigenvalue weighted by Gasteiger charge is 2.09. The normalized spacial score (nSPS) is 12.5. The first-order valence-corrected chi connectivity index (χ1v) is 4.01. The number of hydrogen-bond donors (Lipinski definition) is 1. The minimum Gasteiger partial charge on any atom is -0.311 e. The van der Waals surface area contributed by atoms with Gasteiger partial charge in [-0.15, -0.1) is 6.58 Å². The van der Waals surface area contributed by atoms with Crippen LogP contribution in [-0.4, -0.2) is 18.9 Å². The largest absolute Gasteiger partial charge is 0.311 e. The third kappa shape index (κ3) is 4.73. The van der Waals surface area contributed by atoms with Crippen molar-refractivity contribution in [3.05, 3.63) is 12.7 Å². The molecule has 0 unspecified atom stereocenters. The van der Waals surface area contributed by atoms with Crippen LogP contribution in [0, 0.1) is 0 Å². The Labute approximate surface area is 68.7 Å². The molecule has 0 saturated carbocycles. The molecule has 2 heteroatoms. The second-order valence-corrected chi connectivity index (χ2v) is 2.67. The van der Waals surface area contributed by atoms with Gasteiger partial charge in [0.25, 0.3) is 0 Å². The van der Waals surface area contributed by atoms with Gasteiger partial charge < -0.3 is 5.32 Å². The Morgan fingerprint density at radius 3 is 2.73 bits per heavy atom. The summed E-state index contributed by atoms with van der Waals surface area (Å²) < 4.78 is 0. The van der Waals surface area contributed by atoms with Gasteiger partial charge in [0.1, 0.15) is 5.78 Å². The third-order valence-electron chi connectivity index (χ3n) is 1.74. The number of allylic oxidation sites excluding steroid dienone is 1. The van der Waals surface area contributed by atoms with Crippen LogP contribution in [0.5, 0.6) is 0 Å². The van der Waals surface area contributed by atoms with Gasteiger partial charge >= 0.3 is 0 Å². The van der Waals surface area contributed by atoms with Crippen molar-refractivity contribution < 1.29 is 4.79 Å². The molecule has 0 aromatic heterocycles. The van der Waals surface area contributed by atoms with Crippen LogP contribution in [0.25, 0.3) is 0 Å². The molecule has 0 rings (SSSR count). The number of rotatable bonds is 6. The van der Waals surface area contributed by atoms with E-state index in [0.717, 1.165) is 19.3 Å². The molecule has 0 aromatic carbocycles. The lowest BCUT2D eigenvalue weighted by Crippen LogP contribution is -2.31. The Morgan fingerprint density at radius 2 is 2.36 bits per heavy atom. The summed E-state index contributed by atoms with van der Waals surface area (Å²) in [7, 11) is 1.82. The molecule has 0 spiro atoms. The van der Waals surface area contributed by atoms with Gasteiger partial charge in [0, 0.05) is 0 Å². The molecule has 2 nitrogen and oxygen atoms in total. The van der Waals surface area contributed by atoms with E-state index < -0.39 is 0 Å². The van der Waals surface area contributed by atoms with Crippen LogP contribution in [0.15, 0.2) is 12.7 Å². The summed E-state index contributed by atoms with van der Waals surface area (Å²) in [6.45, 7) is 5.24. The molecule has 0 aliphatic rings. The summed E-state index contributed by atoms with van der Waals surface area (Å²) in [5, 5.41) is 2.98. The van der Waals surface area contributed by atoms with E-state index in [1.54, 1.807) is 6.92 Å². The number of likely N-dealkylation sites (N-methyl/N-ethyl adjacent to an activating group) is 1. The molecule has 0 radical (unpaired) electrons. The van der Waals surface area contributed by atoms with E-state index in [1.807, 2.05) is 13.1 Å². The van der Waals surface area contributed by atoms with Crippen molar-refractivity contribution in [2.75, 3.05) is 7.05 Å². The highest BCUT2D eigenvalue weighted by molar-refractivity contribution is 5.81. The molecule has 0 saturated heterocycles. The van der Waals surface area contributed by atoms with Crippen LogP contribution >= 0.6 is 0 Å². The zero-order valence-electron chi connectivity index (χ0n) is 7.39. The highest BCUT2D eigenvalue weighted by atomic mass is 16.1. The van der Waals surface area contributed by atoms with Crippen molar-refractivity contribution in [3.63, 3.8) is 0 Å². The Morgan fingerprint density at radius 1 is 1.73 bits per heavy atom. The Hall–Kier alpha value is -0.630. The number of carbonyl (C=O) groups is 1. The predicted octanol–water partition coefficient (Wildman–Crippen LogP) is 1.52. The summed E-state index contributed by atoms with van der Waals surface area (Å²) in [5.74, 6) is 0.219. The minimum atomic E-state index is 0.0370. The number of Topliss-reactive ketones (excluding diaryl/α,β-unsaturated/α-hetero) is 1. The number of carbonyl (C=O) groups excluding carboxylic acids is 1. The molecule has 0 bridgehead atoms. The van der Waals surface area contributed by atoms with Crippen molar-refractivity contribution in [2.45, 2.75) is 32.2 Å². The monoisotopic (exact) mass is 155 g/mol. The second-order valence-electron chi connectivity index (χ2n) is 2.67. The SMILES string of the molecule is C=CCCC[C@@H](NC)C(C)=O. The van der Waals surface area contributed by atoms with Crippen LogP contribution in [-0.2, 0) is 4.79 Å². The first-order valence-electron chi connectivity index (χ1n) is 4.01. The number of ketones is 1. The average Bonchev–Trinajstić information content (AvgIpc) is 1.97. The van der Waals surface area contributed by atoms with Crippen molar-refractivity contribution in [3.8, 4) is 0 Å². The third-order valence-corrected chi connectivity index (χ3v) is 1.74. The van der Waals surface area contributed by atoms with Gasteiger partial charge in [-0.1, -0.05) is 6.08 Å². The molecule has 0 aliphatic heterocycles. The van der Waals surface area contributed by atoms with Crippen molar-refractivity contribution >= 4 is 5.78 Å². The molecule has 64 valence electrons. The molecule has 1 atom stereocenters. The zero-order chi connectivity index (χ0) is 8.69. The van der Waals surface area contributed by atoms with E-state index in [-0.39, 0.29) is 11.8 Å². The van der Waals surface area contributed by atoms with Gasteiger partial charge in [-0.25, -0.2) is 0 Å². The van der Waals surface area contributed by atoms with Gasteiger partial charge in [0.05, 0.1) is 6.04 Å². The quantitative estimate of drug-likeness (QED) is 0.465. The highest BCUT2D eigenvalue weighted by Crippen LogP contribution is 2.01. The minimum absolute atomic E-state index is 0.0370. The maximum absolute atomic E-state index is 10.9. The number of nitrogens with one attached hydrogen (secondary N) is 1. The fraction of sp³-hybridized carbons (Fsp3) is 0.667. The van der Waals surface area contributed by atoms with Crippen LogP contribution in [0.4, 0.5) is 0 Å². The Kier molecular flexibility index (Phi) is 5.75. The molecule has 1 N–H and O–H groups in total. The van der Waals surface area contributed by atoms with Gasteiger partial charge in [-0.05, 0) is 33.2 Å². The summed E-state index contributed by atoms with van der Waals surface area (Å²) in [6.07, 6.45) is 4.82. The molecular formula is C9H17NO. The zero-order valence-corrected chi connectivity index (χ0v) is 7.39. The van der Waals surface area contributed by atoms with Crippen molar-refractivity contribution in [2.24, 2.45) is 0 Å². The number of unbranched alkanes of at least 4 members (excludes halogenated alkanes) is 1. The van der Waals surface area contributed by atoms with Crippen LogP contribution in [0.1, 0.15) is 26.2 Å². The number of hydrogen-bond acceptors (Lipinski definition) is 2. The van der Waals surface area contributed by atoms with Gasteiger partial charge in [0.15, 0.2) is 0 Å². The summed E-state index contributed by atoms with van der Waals surface area (Å²) >= 11 is 0. The summed E-state index contributed by atoms with van der Waals surface area (Å²) in [6, 6.07) is 0.0370. The molecule has 0 amide bonds. The summed E-state index contributed by atoms with van der Waals surface area (Å²) in [5.41, 5.74) is 0. The Bertz CT molecular complexity index is 132. The first kappa shape index (κ1) is 10.4. The van der Waals surface area contributed by atoms with Gasteiger partial charge in [-0.3, -0.25) is 4.79 Å². The molecule has 0 aliphatic carbocycles. The van der Waals surface area contributed by atoms with E-state index >= 15 is 0 Å². The van der Waals surface area contributed by atoms with Crippen LogP contribution in [0.3, 0.4) is 0 Å². The van der Waals surface area contributed by atoms with E-state index in [9.17, 15) is 4.79 Å². The molecule has 11 heavy (non-hydrogen) atoms. The predicted molar refractivity (Wildman–Crippen MR) is 47.6 cm³/mol. The lowest BCUT2D eigenvalue weighted by atomic mass is 10.1. The smallest absolute Gasteiger partial charge is 0.146 e. The second kappa shape index (κ2) is 6.10. The maximum Gasteiger partial charge on any atom is 0.146 e. The molecule has 0 fully saturated rings.